The number of carboxylic acid groups (broad SMARTS) is 1. The summed E-state index contributed by atoms with van der Waals surface area (Å²) >= 11 is 0. The van der Waals surface area contributed by atoms with E-state index >= 15 is 0 Å². The molecule has 2 heterocycles. The number of carboxylic acids is 1. The van der Waals surface area contributed by atoms with Crippen LogP contribution in [0.3, 0.4) is 0 Å². The Labute approximate surface area is 119 Å². The van der Waals surface area contributed by atoms with E-state index < -0.39 is 23.1 Å². The van der Waals surface area contributed by atoms with Crippen molar-refractivity contribution in [3.8, 4) is 0 Å². The molecular weight excluding hydrogens is 274 g/mol. The van der Waals surface area contributed by atoms with E-state index in [2.05, 4.69) is 10.3 Å². The van der Waals surface area contributed by atoms with Crippen LogP contribution >= 0.6 is 0 Å². The third kappa shape index (κ3) is 1.93. The van der Waals surface area contributed by atoms with Crippen molar-refractivity contribution in [2.24, 2.45) is 0 Å². The molecule has 1 aromatic carbocycles. The first-order valence-electron chi connectivity index (χ1n) is 6.64. The van der Waals surface area contributed by atoms with E-state index in [-0.39, 0.29) is 6.42 Å². The van der Waals surface area contributed by atoms with Crippen LogP contribution in [0.25, 0.3) is 11.0 Å². The first-order chi connectivity index (χ1) is 9.90. The van der Waals surface area contributed by atoms with E-state index in [0.29, 0.717) is 17.6 Å². The number of carbonyl (C=O) groups is 1. The average Bonchev–Trinajstić information content (AvgIpc) is 2.41. The van der Waals surface area contributed by atoms with E-state index in [9.17, 15) is 14.4 Å². The first-order valence-corrected chi connectivity index (χ1v) is 6.64. The zero-order valence-corrected chi connectivity index (χ0v) is 11.7. The maximum absolute atomic E-state index is 12.2. The molecule has 7 nitrogen and oxygen atoms in total. The van der Waals surface area contributed by atoms with Crippen LogP contribution < -0.4 is 16.4 Å². The van der Waals surface area contributed by atoms with E-state index in [0.717, 1.165) is 16.8 Å². The Morgan fingerprint density at radius 3 is 2.81 bits per heavy atom. The van der Waals surface area contributed by atoms with Crippen LogP contribution in [0, 0.1) is 13.8 Å². The molecule has 3 N–H and O–H groups in total. The summed E-state index contributed by atoms with van der Waals surface area (Å²) in [7, 11) is 0. The number of nitrogens with one attached hydrogen (secondary N) is 2. The summed E-state index contributed by atoms with van der Waals surface area (Å²) in [6.45, 7) is 4.15. The molecule has 110 valence electrons. The lowest BCUT2D eigenvalue weighted by Gasteiger charge is -2.29. The Bertz CT molecular complexity index is 878. The van der Waals surface area contributed by atoms with Crippen LogP contribution in [0.4, 0.5) is 5.69 Å². The Hall–Kier alpha value is -2.57. The zero-order valence-electron chi connectivity index (χ0n) is 11.7. The fourth-order valence-corrected chi connectivity index (χ4v) is 2.88. The molecule has 1 atom stereocenters. The average molecular weight is 289 g/mol. The van der Waals surface area contributed by atoms with Crippen LogP contribution in [-0.4, -0.2) is 27.2 Å². The first kappa shape index (κ1) is 13.4. The molecule has 1 aliphatic rings. The number of hydrogen-bond donors (Lipinski definition) is 3. The highest BCUT2D eigenvalue weighted by Gasteiger charge is 2.27. The van der Waals surface area contributed by atoms with Crippen molar-refractivity contribution in [1.82, 2.24) is 9.55 Å². The lowest BCUT2D eigenvalue weighted by molar-refractivity contribution is -0.137. The largest absolute Gasteiger partial charge is 0.481 e. The molecule has 0 radical (unpaired) electrons. The third-order valence-electron chi connectivity index (χ3n) is 4.01. The van der Waals surface area contributed by atoms with Crippen molar-refractivity contribution < 1.29 is 9.90 Å². The molecule has 1 unspecified atom stereocenters. The number of rotatable bonds is 2. The highest BCUT2D eigenvalue weighted by atomic mass is 16.4. The Balaban J connectivity index is 2.44. The van der Waals surface area contributed by atoms with Crippen molar-refractivity contribution in [2.75, 3.05) is 11.9 Å². The molecule has 7 heteroatoms. The van der Waals surface area contributed by atoms with Crippen LogP contribution in [0.15, 0.2) is 15.7 Å². The summed E-state index contributed by atoms with van der Waals surface area (Å²) in [5.74, 6) is -1.01. The lowest BCUT2D eigenvalue weighted by Crippen LogP contribution is -2.43. The van der Waals surface area contributed by atoms with E-state index in [1.165, 1.54) is 4.57 Å². The van der Waals surface area contributed by atoms with E-state index in [4.69, 9.17) is 5.11 Å². The van der Waals surface area contributed by atoms with Crippen molar-refractivity contribution in [3.63, 3.8) is 0 Å². The fraction of sp³-hybridized carbons (Fsp3) is 0.357. The Morgan fingerprint density at radius 2 is 2.14 bits per heavy atom. The number of nitrogens with zero attached hydrogens (tertiary/aromatic N) is 1. The molecule has 0 fully saturated rings. The van der Waals surface area contributed by atoms with Gasteiger partial charge in [0.1, 0.15) is 0 Å². The highest BCUT2D eigenvalue weighted by Crippen LogP contribution is 2.33. The van der Waals surface area contributed by atoms with Gasteiger partial charge in [0.15, 0.2) is 0 Å². The summed E-state index contributed by atoms with van der Waals surface area (Å²) in [4.78, 5) is 37.6. The quantitative estimate of drug-likeness (QED) is 0.708. The van der Waals surface area contributed by atoms with Gasteiger partial charge < -0.3 is 15.4 Å². The number of aryl methyl sites for hydroxylation is 1. The molecule has 0 spiro atoms. The lowest BCUT2D eigenvalue weighted by atomic mass is 10.0. The highest BCUT2D eigenvalue weighted by molar-refractivity contribution is 5.92. The molecule has 0 bridgehead atoms. The van der Waals surface area contributed by atoms with E-state index in [1.54, 1.807) is 6.07 Å². The van der Waals surface area contributed by atoms with Gasteiger partial charge in [-0.3, -0.25) is 19.0 Å². The molecule has 1 aromatic heterocycles. The normalized spacial score (nSPS) is 16.8. The smallest absolute Gasteiger partial charge is 0.317 e. The maximum Gasteiger partial charge on any atom is 0.317 e. The van der Waals surface area contributed by atoms with Gasteiger partial charge in [-0.2, -0.15) is 0 Å². The number of aromatic amines is 1. The summed E-state index contributed by atoms with van der Waals surface area (Å²) in [6, 6.07) is 1.23. The summed E-state index contributed by atoms with van der Waals surface area (Å²) in [5.41, 5.74) is 2.42. The second kappa shape index (κ2) is 4.47. The maximum atomic E-state index is 12.2. The van der Waals surface area contributed by atoms with Crippen molar-refractivity contribution in [3.05, 3.63) is 37.9 Å². The fourth-order valence-electron chi connectivity index (χ4n) is 2.88. The van der Waals surface area contributed by atoms with Crippen molar-refractivity contribution in [2.45, 2.75) is 26.3 Å². The minimum atomic E-state index is -1.01. The number of anilines is 1. The number of aliphatic carboxylic acids is 1. The van der Waals surface area contributed by atoms with E-state index in [1.807, 2.05) is 13.8 Å². The van der Waals surface area contributed by atoms with Gasteiger partial charge in [0.2, 0.25) is 0 Å². The minimum absolute atomic E-state index is 0.210. The Morgan fingerprint density at radius 1 is 1.43 bits per heavy atom. The van der Waals surface area contributed by atoms with Crippen LogP contribution in [0.2, 0.25) is 0 Å². The van der Waals surface area contributed by atoms with Crippen LogP contribution in [0.5, 0.6) is 0 Å². The van der Waals surface area contributed by atoms with Gasteiger partial charge in [-0.1, -0.05) is 0 Å². The number of benzene rings is 1. The molecule has 0 amide bonds. The summed E-state index contributed by atoms with van der Waals surface area (Å²) < 4.78 is 1.32. The minimum Gasteiger partial charge on any atom is -0.481 e. The van der Waals surface area contributed by atoms with Gasteiger partial charge >= 0.3 is 17.1 Å². The number of hydrogen-bond acceptors (Lipinski definition) is 4. The molecular formula is C14H15N3O4. The van der Waals surface area contributed by atoms with Crippen LogP contribution in [0.1, 0.15) is 23.6 Å². The number of aromatic nitrogens is 2. The second-order valence-corrected chi connectivity index (χ2v) is 5.35. The van der Waals surface area contributed by atoms with Gasteiger partial charge in [-0.05, 0) is 31.0 Å². The summed E-state index contributed by atoms with van der Waals surface area (Å²) in [6.07, 6.45) is -0.210. The SMILES string of the molecule is Cc1cc2[nH]c(=O)c(=O)n3c2c(c1C)NCC3CC(=O)O. The monoisotopic (exact) mass is 289 g/mol. The predicted molar refractivity (Wildman–Crippen MR) is 78.1 cm³/mol. The molecule has 0 saturated heterocycles. The van der Waals surface area contributed by atoms with Crippen LogP contribution in [-0.2, 0) is 4.79 Å². The standard InChI is InChI=1S/C14H15N3O4/c1-6-3-9-12-11(7(6)2)15-5-8(4-10(18)19)17(12)14(21)13(20)16-9/h3,8,15H,4-5H2,1-2H3,(H,16,20)(H,18,19). The van der Waals surface area contributed by atoms with Crippen molar-refractivity contribution >= 4 is 22.7 Å². The molecule has 1 aliphatic heterocycles. The van der Waals surface area contributed by atoms with Gasteiger partial charge in [0.25, 0.3) is 0 Å². The molecule has 3 rings (SSSR count). The summed E-state index contributed by atoms with van der Waals surface area (Å²) in [5, 5.41) is 12.2. The molecule has 2 aromatic rings. The Kier molecular flexibility index (Phi) is 2.86. The van der Waals surface area contributed by atoms with Gasteiger partial charge in [-0.25, -0.2) is 0 Å². The molecule has 0 saturated carbocycles. The second-order valence-electron chi connectivity index (χ2n) is 5.35. The number of H-pyrrole nitrogens is 1. The van der Waals surface area contributed by atoms with Crippen molar-refractivity contribution in [1.29, 1.82) is 0 Å². The van der Waals surface area contributed by atoms with Gasteiger partial charge in [-0.15, -0.1) is 0 Å². The predicted octanol–water partition coefficient (Wildman–Crippen LogP) is 0.748. The van der Waals surface area contributed by atoms with Gasteiger partial charge in [0, 0.05) is 6.54 Å². The molecule has 21 heavy (non-hydrogen) atoms. The van der Waals surface area contributed by atoms with Gasteiger partial charge in [0.05, 0.1) is 29.2 Å². The topological polar surface area (TPSA) is 104 Å². The zero-order chi connectivity index (χ0) is 15.3. The third-order valence-corrected chi connectivity index (χ3v) is 4.01. The molecule has 0 aliphatic carbocycles.